The Bertz CT molecular complexity index is 1460. The van der Waals surface area contributed by atoms with E-state index in [2.05, 4.69) is 26.3 Å². The predicted molar refractivity (Wildman–Crippen MR) is 175 cm³/mol. The van der Waals surface area contributed by atoms with Crippen molar-refractivity contribution in [2.75, 3.05) is 0 Å². The lowest BCUT2D eigenvalue weighted by molar-refractivity contribution is -0.134. The lowest BCUT2D eigenvalue weighted by Crippen LogP contribution is -2.00. The molecular weight excluding hydrogens is 624 g/mol. The molecule has 0 unspecified atom stereocenters. The first-order valence-corrected chi connectivity index (χ1v) is 13.8. The van der Waals surface area contributed by atoms with Gasteiger partial charge < -0.3 is 37.9 Å². The second-order valence-corrected chi connectivity index (χ2v) is 9.69. The molecule has 0 N–H and O–H groups in total. The van der Waals surface area contributed by atoms with E-state index in [1.54, 1.807) is 24.3 Å². The van der Waals surface area contributed by atoms with Crippen molar-refractivity contribution in [2.24, 2.45) is 0 Å². The summed E-state index contributed by atoms with van der Waals surface area (Å²) in [4.78, 5) is 46.7. The molecule has 0 fully saturated rings. The van der Waals surface area contributed by atoms with E-state index < -0.39 is 23.9 Å². The molecule has 12 nitrogen and oxygen atoms in total. The van der Waals surface area contributed by atoms with E-state index in [0.29, 0.717) is 11.1 Å². The first kappa shape index (κ1) is 37.6. The van der Waals surface area contributed by atoms with Gasteiger partial charge in [-0.15, -0.1) is 0 Å². The van der Waals surface area contributed by atoms with Crippen LogP contribution in [-0.2, 0) is 38.1 Å². The molecule has 12 heteroatoms. The lowest BCUT2D eigenvalue weighted by atomic mass is 10.0. The molecule has 0 aliphatic carbocycles. The first-order valence-electron chi connectivity index (χ1n) is 13.8. The fraction of sp³-hybridized carbons (Fsp3) is 0.111. The van der Waals surface area contributed by atoms with Gasteiger partial charge in [0.2, 0.25) is 0 Å². The summed E-state index contributed by atoms with van der Waals surface area (Å²) in [7, 11) is 0. The summed E-state index contributed by atoms with van der Waals surface area (Å²) in [6, 6.07) is 9.52. The summed E-state index contributed by atoms with van der Waals surface area (Å²) in [6.45, 7) is 20.0. The topological polar surface area (TPSA) is 142 Å². The zero-order valence-electron chi connectivity index (χ0n) is 26.8. The lowest BCUT2D eigenvalue weighted by Gasteiger charge is -2.12. The van der Waals surface area contributed by atoms with Gasteiger partial charge in [-0.1, -0.05) is 26.3 Å². The molecule has 0 aliphatic heterocycles. The molecule has 250 valence electrons. The molecule has 0 bridgehead atoms. The number of ether oxygens (including phenoxy) is 8. The van der Waals surface area contributed by atoms with Crippen LogP contribution in [-0.4, -0.2) is 23.9 Å². The molecular formula is C36H34O12. The molecule has 0 radical (unpaired) electrons. The zero-order valence-corrected chi connectivity index (χ0v) is 26.8. The van der Waals surface area contributed by atoms with Crippen LogP contribution in [0.5, 0.6) is 23.0 Å². The largest absolute Gasteiger partial charge is 0.462 e. The fourth-order valence-electron chi connectivity index (χ4n) is 2.94. The molecule has 0 heterocycles. The number of esters is 4. The van der Waals surface area contributed by atoms with E-state index in [9.17, 15) is 19.2 Å². The van der Waals surface area contributed by atoms with Crippen LogP contribution >= 0.6 is 0 Å². The molecule has 48 heavy (non-hydrogen) atoms. The average molecular weight is 659 g/mol. The Hall–Kier alpha value is -6.56. The second-order valence-electron chi connectivity index (χ2n) is 9.69. The summed E-state index contributed by atoms with van der Waals surface area (Å²) in [6.07, 6.45) is 8.71. The number of hydrogen-bond acceptors (Lipinski definition) is 12. The highest BCUT2D eigenvalue weighted by Gasteiger charge is 2.11. The summed E-state index contributed by atoms with van der Waals surface area (Å²) in [5.74, 6) is -1.60. The highest BCUT2D eigenvalue weighted by molar-refractivity contribution is 5.88. The number of carbonyl (C=O) groups excluding carboxylic acids is 4. The molecule has 2 rings (SSSR count). The third kappa shape index (κ3) is 13.6. The number of carbonyl (C=O) groups is 4. The number of hydrogen-bond donors (Lipinski definition) is 0. The van der Waals surface area contributed by atoms with E-state index in [0.717, 1.165) is 50.1 Å². The second kappa shape index (κ2) is 19.1. The van der Waals surface area contributed by atoms with E-state index >= 15 is 0 Å². The minimum atomic E-state index is -0.640. The summed E-state index contributed by atoms with van der Waals surface area (Å²) in [5, 5.41) is 0. The van der Waals surface area contributed by atoms with Gasteiger partial charge in [0.1, 0.15) is 73.1 Å². The van der Waals surface area contributed by atoms with Gasteiger partial charge in [0, 0.05) is 34.4 Å². The summed E-state index contributed by atoms with van der Waals surface area (Å²) < 4.78 is 42.2. The van der Waals surface area contributed by atoms with Gasteiger partial charge in [0.05, 0.1) is 0 Å². The van der Waals surface area contributed by atoms with Crippen molar-refractivity contribution >= 4 is 23.9 Å². The van der Waals surface area contributed by atoms with Crippen LogP contribution in [0, 0.1) is 0 Å². The van der Waals surface area contributed by atoms with E-state index in [1.807, 2.05) is 0 Å². The Balaban J connectivity index is 2.49. The van der Waals surface area contributed by atoms with E-state index in [1.165, 1.54) is 39.8 Å². The normalized spacial score (nSPS) is 10.8. The van der Waals surface area contributed by atoms with Crippen molar-refractivity contribution in [1.29, 1.82) is 0 Å². The third-order valence-electron chi connectivity index (χ3n) is 5.23. The van der Waals surface area contributed by atoms with Crippen LogP contribution in [0.15, 0.2) is 135 Å². The van der Waals surface area contributed by atoms with E-state index in [-0.39, 0.29) is 45.3 Å². The van der Waals surface area contributed by atoms with Crippen LogP contribution in [0.1, 0.15) is 27.7 Å². The van der Waals surface area contributed by atoms with Gasteiger partial charge in [-0.3, -0.25) is 0 Å². The van der Waals surface area contributed by atoms with Gasteiger partial charge in [0.25, 0.3) is 0 Å². The van der Waals surface area contributed by atoms with Crippen molar-refractivity contribution < 1.29 is 57.1 Å². The third-order valence-corrected chi connectivity index (χ3v) is 5.23. The maximum absolute atomic E-state index is 11.7. The minimum Gasteiger partial charge on any atom is -0.462 e. The minimum absolute atomic E-state index is 0.198. The highest BCUT2D eigenvalue weighted by atomic mass is 16.6. The Morgan fingerprint density at radius 1 is 0.396 bits per heavy atom. The SMILES string of the molecule is C=C(C)C(=O)OC=COc1cc(OC=COC(=O)C(=C)C)cc(-c2cc(OC=COC(=O)C(=C)C)cc(OC=COC(=O)C(=C)C)c2)c1. The van der Waals surface area contributed by atoms with Crippen LogP contribution in [0.4, 0.5) is 0 Å². The molecule has 2 aromatic carbocycles. The van der Waals surface area contributed by atoms with Crippen molar-refractivity contribution in [3.63, 3.8) is 0 Å². The van der Waals surface area contributed by atoms with E-state index in [4.69, 9.17) is 37.9 Å². The molecule has 0 spiro atoms. The van der Waals surface area contributed by atoms with Crippen molar-refractivity contribution in [3.05, 3.63) is 135 Å². The Morgan fingerprint density at radius 3 is 0.792 bits per heavy atom. The summed E-state index contributed by atoms with van der Waals surface area (Å²) in [5.41, 5.74) is 1.81. The Morgan fingerprint density at radius 2 is 0.604 bits per heavy atom. The molecule has 0 amide bonds. The van der Waals surface area contributed by atoms with Gasteiger partial charge in [-0.05, 0) is 63.1 Å². The number of rotatable bonds is 17. The molecule has 2 aromatic rings. The quantitative estimate of drug-likeness (QED) is 0.0732. The molecule has 0 atom stereocenters. The van der Waals surface area contributed by atoms with Crippen LogP contribution in [0.25, 0.3) is 11.1 Å². The standard InChI is InChI=1S/C36H34O12/c1-23(2)33(37)45-13-9-41-29-17-27(18-30(21-29)42-10-14-46-34(38)24(3)4)28-19-31(43-11-15-47-35(39)25(5)6)22-32(20-28)44-12-16-48-36(40)26(7)8/h9-22H,1,3,5,7H2,2,4,6,8H3. The van der Waals surface area contributed by atoms with Gasteiger partial charge >= 0.3 is 23.9 Å². The van der Waals surface area contributed by atoms with Crippen molar-refractivity contribution in [3.8, 4) is 34.1 Å². The van der Waals surface area contributed by atoms with Crippen molar-refractivity contribution in [2.45, 2.75) is 27.7 Å². The maximum Gasteiger partial charge on any atom is 0.338 e. The van der Waals surface area contributed by atoms with Gasteiger partial charge in [0.15, 0.2) is 0 Å². The number of benzene rings is 2. The predicted octanol–water partition coefficient (Wildman–Crippen LogP) is 7.23. The van der Waals surface area contributed by atoms with Crippen molar-refractivity contribution in [1.82, 2.24) is 0 Å². The van der Waals surface area contributed by atoms with Gasteiger partial charge in [-0.2, -0.15) is 0 Å². The molecule has 0 aliphatic rings. The summed E-state index contributed by atoms with van der Waals surface area (Å²) >= 11 is 0. The molecule has 0 saturated heterocycles. The van der Waals surface area contributed by atoms with Crippen LogP contribution in [0.3, 0.4) is 0 Å². The van der Waals surface area contributed by atoms with Gasteiger partial charge in [-0.25, -0.2) is 19.2 Å². The Kier molecular flexibility index (Phi) is 14.9. The molecule has 0 aromatic heterocycles. The zero-order chi connectivity index (χ0) is 35.6. The average Bonchev–Trinajstić information content (AvgIpc) is 3.04. The smallest absolute Gasteiger partial charge is 0.338 e. The maximum atomic E-state index is 11.7. The molecule has 0 saturated carbocycles. The first-order chi connectivity index (χ1) is 22.8. The monoisotopic (exact) mass is 658 g/mol. The van der Waals surface area contributed by atoms with Crippen LogP contribution < -0.4 is 18.9 Å². The van der Waals surface area contributed by atoms with Crippen LogP contribution in [0.2, 0.25) is 0 Å². The Labute approximate surface area is 277 Å². The highest BCUT2D eigenvalue weighted by Crippen LogP contribution is 2.35. The fourth-order valence-corrected chi connectivity index (χ4v) is 2.94.